The quantitative estimate of drug-likeness (QED) is 0.133. The smallest absolute Gasteiger partial charge is 0.343 e. The number of nitrogens with zero attached hydrogens (tertiary/aromatic N) is 2. The van der Waals surface area contributed by atoms with Gasteiger partial charge in [-0.15, -0.1) is 11.3 Å². The third-order valence-corrected chi connectivity index (χ3v) is 6.46. The van der Waals surface area contributed by atoms with E-state index in [9.17, 15) is 9.59 Å². The van der Waals surface area contributed by atoms with Gasteiger partial charge in [-0.3, -0.25) is 4.79 Å². The fraction of sp³-hybridized carbons (Fsp3) is 0.0769. The zero-order chi connectivity index (χ0) is 26.2. The Bertz CT molecular complexity index is 1430. The minimum atomic E-state index is -0.505. The number of rotatable bonds is 9. The number of carbonyl (C=O) groups is 2. The number of hydrogen-bond acceptors (Lipinski definition) is 8. The van der Waals surface area contributed by atoms with E-state index in [1.165, 1.54) is 24.7 Å². The first-order valence-electron chi connectivity index (χ1n) is 10.8. The van der Waals surface area contributed by atoms with E-state index in [0.29, 0.717) is 21.9 Å². The molecule has 0 fully saturated rings. The second-order valence-corrected chi connectivity index (χ2v) is 9.70. The predicted molar refractivity (Wildman–Crippen MR) is 149 cm³/mol. The first kappa shape index (κ1) is 26.3. The van der Waals surface area contributed by atoms with Crippen LogP contribution in [0, 0.1) is 0 Å². The summed E-state index contributed by atoms with van der Waals surface area (Å²) in [5.41, 5.74) is 6.07. The normalized spacial score (nSPS) is 10.8. The van der Waals surface area contributed by atoms with Crippen molar-refractivity contribution in [1.82, 2.24) is 10.4 Å². The second kappa shape index (κ2) is 12.5. The second-order valence-electron chi connectivity index (χ2n) is 7.49. The molecule has 0 saturated heterocycles. The van der Waals surface area contributed by atoms with Crippen molar-refractivity contribution in [2.75, 3.05) is 19.0 Å². The lowest BCUT2D eigenvalue weighted by molar-refractivity contribution is -0.142. The molecule has 1 heterocycles. The topological polar surface area (TPSA) is 102 Å². The number of hydrogen-bond donors (Lipinski definition) is 2. The van der Waals surface area contributed by atoms with Gasteiger partial charge >= 0.3 is 5.97 Å². The summed E-state index contributed by atoms with van der Waals surface area (Å²) in [6.07, 6.45) is 1.44. The number of aromatic nitrogens is 1. The zero-order valence-electron chi connectivity index (χ0n) is 19.4. The van der Waals surface area contributed by atoms with Crippen molar-refractivity contribution in [2.24, 2.45) is 5.10 Å². The molecule has 0 aliphatic rings. The van der Waals surface area contributed by atoms with Crippen molar-refractivity contribution in [2.45, 2.75) is 0 Å². The summed E-state index contributed by atoms with van der Waals surface area (Å²) in [4.78, 5) is 28.5. The lowest BCUT2D eigenvalue weighted by Crippen LogP contribution is -2.17. The van der Waals surface area contributed by atoms with E-state index in [0.717, 1.165) is 26.5 Å². The van der Waals surface area contributed by atoms with E-state index in [-0.39, 0.29) is 12.5 Å². The average molecular weight is 600 g/mol. The number of nitrogens with one attached hydrogen (secondary N) is 2. The van der Waals surface area contributed by atoms with Crippen molar-refractivity contribution >= 4 is 67.8 Å². The lowest BCUT2D eigenvalue weighted by atomic mass is 10.1. The molecule has 4 rings (SSSR count). The van der Waals surface area contributed by atoms with E-state index in [1.807, 2.05) is 41.8 Å². The molecule has 37 heavy (non-hydrogen) atoms. The summed E-state index contributed by atoms with van der Waals surface area (Å²) in [6, 6.07) is 19.6. The maximum atomic E-state index is 12.6. The van der Waals surface area contributed by atoms with E-state index < -0.39 is 5.97 Å². The molecule has 0 radical (unpaired) electrons. The number of anilines is 2. The Labute approximate surface area is 230 Å². The van der Waals surface area contributed by atoms with Crippen LogP contribution in [0.5, 0.6) is 5.75 Å². The summed E-state index contributed by atoms with van der Waals surface area (Å²) in [6.45, 7) is -0.241. The number of halogens is 2. The molecule has 0 saturated carbocycles. The first-order valence-corrected chi connectivity index (χ1v) is 12.9. The van der Waals surface area contributed by atoms with Crippen molar-refractivity contribution in [3.8, 4) is 17.0 Å². The fourth-order valence-corrected chi connectivity index (χ4v) is 4.33. The Kier molecular flexibility index (Phi) is 8.89. The molecule has 4 aromatic rings. The molecule has 8 nitrogen and oxygen atoms in total. The molecule has 188 valence electrons. The number of hydrazone groups is 1. The number of ether oxygens (including phenoxy) is 2. The summed E-state index contributed by atoms with van der Waals surface area (Å²) in [5, 5.41) is 10.6. The fourth-order valence-electron chi connectivity index (χ4n) is 3.09. The van der Waals surface area contributed by atoms with Crippen LogP contribution in [0.25, 0.3) is 11.3 Å². The highest BCUT2D eigenvalue weighted by atomic mass is 79.9. The number of methoxy groups -OCH3 is 1. The predicted octanol–water partition coefficient (Wildman–Crippen LogP) is 6.29. The third-order valence-electron chi connectivity index (χ3n) is 4.96. The molecular formula is C26H20BrClN4O4S. The highest BCUT2D eigenvalue weighted by Crippen LogP contribution is 2.28. The highest BCUT2D eigenvalue weighted by molar-refractivity contribution is 9.10. The van der Waals surface area contributed by atoms with Crippen LogP contribution < -0.4 is 15.5 Å². The van der Waals surface area contributed by atoms with Crippen LogP contribution in [-0.2, 0) is 9.53 Å². The van der Waals surface area contributed by atoms with Gasteiger partial charge in [0.1, 0.15) is 5.75 Å². The van der Waals surface area contributed by atoms with E-state index in [2.05, 4.69) is 41.5 Å². The zero-order valence-corrected chi connectivity index (χ0v) is 22.6. The molecule has 0 spiro atoms. The van der Waals surface area contributed by atoms with Crippen LogP contribution >= 0.6 is 38.9 Å². The molecule has 1 aromatic heterocycles. The molecule has 0 atom stereocenters. The van der Waals surface area contributed by atoms with Crippen LogP contribution in [0.15, 0.2) is 81.7 Å². The molecule has 0 aliphatic carbocycles. The Balaban J connectivity index is 1.37. The number of carbonyl (C=O) groups excluding carboxylic acids is 2. The van der Waals surface area contributed by atoms with Gasteiger partial charge in [0.2, 0.25) is 0 Å². The van der Waals surface area contributed by atoms with Gasteiger partial charge in [-0.1, -0.05) is 39.7 Å². The largest absolute Gasteiger partial charge is 0.481 e. The van der Waals surface area contributed by atoms with Crippen LogP contribution in [0.4, 0.5) is 10.8 Å². The molecule has 0 aliphatic heterocycles. The van der Waals surface area contributed by atoms with Gasteiger partial charge in [-0.25, -0.2) is 15.2 Å². The monoisotopic (exact) mass is 598 g/mol. The van der Waals surface area contributed by atoms with E-state index >= 15 is 0 Å². The summed E-state index contributed by atoms with van der Waals surface area (Å²) in [7, 11) is 1.28. The minimum absolute atomic E-state index is 0.241. The first-order chi connectivity index (χ1) is 17.9. The SMILES string of the molecule is COC(=O)COc1ccc(Br)cc1/C=N\NC(=O)c1ccc(-c2csc(Nc3ccc(Cl)cc3)n2)cc1. The Morgan fingerprint density at radius 2 is 1.86 bits per heavy atom. The molecule has 0 unspecified atom stereocenters. The average Bonchev–Trinajstić information content (AvgIpc) is 3.38. The van der Waals surface area contributed by atoms with Crippen molar-refractivity contribution in [1.29, 1.82) is 0 Å². The summed E-state index contributed by atoms with van der Waals surface area (Å²) in [5.74, 6) is -0.461. The summed E-state index contributed by atoms with van der Waals surface area (Å²) >= 11 is 10.8. The Morgan fingerprint density at radius 3 is 2.59 bits per heavy atom. The van der Waals surface area contributed by atoms with Crippen LogP contribution in [-0.4, -0.2) is 36.8 Å². The van der Waals surface area contributed by atoms with E-state index in [4.69, 9.17) is 16.3 Å². The maximum absolute atomic E-state index is 12.6. The highest BCUT2D eigenvalue weighted by Gasteiger charge is 2.10. The Morgan fingerprint density at radius 1 is 1.11 bits per heavy atom. The van der Waals surface area contributed by atoms with Crippen LogP contribution in [0.2, 0.25) is 5.02 Å². The van der Waals surface area contributed by atoms with Gasteiger partial charge in [0.25, 0.3) is 5.91 Å². The van der Waals surface area contributed by atoms with E-state index in [1.54, 1.807) is 30.3 Å². The van der Waals surface area contributed by atoms with Crippen molar-refractivity contribution in [3.05, 3.63) is 92.7 Å². The number of esters is 1. The Hall–Kier alpha value is -3.73. The molecule has 2 N–H and O–H groups in total. The summed E-state index contributed by atoms with van der Waals surface area (Å²) < 4.78 is 10.8. The van der Waals surface area contributed by atoms with Gasteiger partial charge < -0.3 is 14.8 Å². The minimum Gasteiger partial charge on any atom is -0.481 e. The maximum Gasteiger partial charge on any atom is 0.343 e. The van der Waals surface area contributed by atoms with Crippen LogP contribution in [0.3, 0.4) is 0 Å². The molecule has 3 aromatic carbocycles. The number of thiazole rings is 1. The molecule has 11 heteroatoms. The van der Waals surface area contributed by atoms with Crippen LogP contribution in [0.1, 0.15) is 15.9 Å². The molecular weight excluding hydrogens is 580 g/mol. The third kappa shape index (κ3) is 7.39. The lowest BCUT2D eigenvalue weighted by Gasteiger charge is -2.08. The van der Waals surface area contributed by atoms with Gasteiger partial charge in [-0.2, -0.15) is 5.10 Å². The number of benzene rings is 3. The van der Waals surface area contributed by atoms with Crippen molar-refractivity contribution in [3.63, 3.8) is 0 Å². The van der Waals surface area contributed by atoms with Crippen molar-refractivity contribution < 1.29 is 19.1 Å². The van der Waals surface area contributed by atoms with Gasteiger partial charge in [-0.05, 0) is 54.6 Å². The molecule has 0 bridgehead atoms. The van der Waals surface area contributed by atoms with Gasteiger partial charge in [0.15, 0.2) is 11.7 Å². The van der Waals surface area contributed by atoms with Gasteiger partial charge in [0, 0.05) is 37.3 Å². The molecule has 1 amide bonds. The van der Waals surface area contributed by atoms with Gasteiger partial charge in [0.05, 0.1) is 19.0 Å². The number of amides is 1. The standard InChI is InChI=1S/C26H20BrClN4O4S/c1-35-24(33)14-36-23-11-6-19(27)12-18(23)13-29-32-25(34)17-4-2-16(3-5-17)22-15-37-26(31-22)30-21-9-7-20(28)8-10-21/h2-13,15H,14H2,1H3,(H,30,31)(H,32,34)/b29-13-.